The molecule has 0 unspecified atom stereocenters. The van der Waals surface area contributed by atoms with E-state index in [0.29, 0.717) is 6.61 Å². The lowest BCUT2D eigenvalue weighted by Gasteiger charge is -2.12. The number of hydrogen-bond acceptors (Lipinski definition) is 5. The van der Waals surface area contributed by atoms with Gasteiger partial charge in [0.2, 0.25) is 5.13 Å². The second kappa shape index (κ2) is 6.33. The van der Waals surface area contributed by atoms with Gasteiger partial charge in [0.25, 0.3) is 0 Å². The summed E-state index contributed by atoms with van der Waals surface area (Å²) < 4.78 is 9.82. The molecule has 0 aliphatic carbocycles. The van der Waals surface area contributed by atoms with Gasteiger partial charge in [0.15, 0.2) is 0 Å². The predicted octanol–water partition coefficient (Wildman–Crippen LogP) is 4.12. The van der Waals surface area contributed by atoms with E-state index in [9.17, 15) is 0 Å². The highest BCUT2D eigenvalue weighted by atomic mass is 32.1. The van der Waals surface area contributed by atoms with Crippen LogP contribution in [0.1, 0.15) is 39.1 Å². The zero-order valence-electron chi connectivity index (χ0n) is 12.4. The number of hydrogen-bond donors (Lipinski definition) is 1. The standard InChI is InChI=1S/C15H21N3OS/c1-5-19-10-11-7-6-8-12(9-11)16-14-17-13(18-20-14)15(2,3)4/h6-9H,5,10H2,1-4H3,(H,16,17,18). The Hall–Kier alpha value is -1.46. The van der Waals surface area contributed by atoms with Gasteiger partial charge < -0.3 is 10.1 Å². The lowest BCUT2D eigenvalue weighted by atomic mass is 9.96. The number of nitrogens with zero attached hydrogens (tertiary/aromatic N) is 2. The Bertz CT molecular complexity index is 560. The van der Waals surface area contributed by atoms with Crippen molar-refractivity contribution in [1.82, 2.24) is 9.36 Å². The van der Waals surface area contributed by atoms with Crippen LogP contribution in [0.25, 0.3) is 0 Å². The maximum atomic E-state index is 5.42. The summed E-state index contributed by atoms with van der Waals surface area (Å²) in [4.78, 5) is 4.53. The summed E-state index contributed by atoms with van der Waals surface area (Å²) in [5, 5.41) is 4.13. The van der Waals surface area contributed by atoms with E-state index in [1.165, 1.54) is 11.5 Å². The molecule has 1 aromatic heterocycles. The lowest BCUT2D eigenvalue weighted by Crippen LogP contribution is -2.13. The highest BCUT2D eigenvalue weighted by molar-refractivity contribution is 7.09. The second-order valence-electron chi connectivity index (χ2n) is 5.64. The molecule has 0 atom stereocenters. The summed E-state index contributed by atoms with van der Waals surface area (Å²) in [7, 11) is 0. The summed E-state index contributed by atoms with van der Waals surface area (Å²) in [5.41, 5.74) is 2.14. The molecule has 0 radical (unpaired) electrons. The molecule has 2 rings (SSSR count). The first-order valence-electron chi connectivity index (χ1n) is 6.77. The zero-order valence-corrected chi connectivity index (χ0v) is 13.3. The third-order valence-electron chi connectivity index (χ3n) is 2.75. The maximum Gasteiger partial charge on any atom is 0.207 e. The van der Waals surface area contributed by atoms with Crippen LogP contribution in [-0.4, -0.2) is 16.0 Å². The van der Waals surface area contributed by atoms with Crippen molar-refractivity contribution in [2.45, 2.75) is 39.7 Å². The molecule has 0 aliphatic rings. The number of rotatable bonds is 5. The van der Waals surface area contributed by atoms with E-state index in [0.717, 1.165) is 28.8 Å². The molecule has 0 aliphatic heterocycles. The second-order valence-corrected chi connectivity index (χ2v) is 6.39. The van der Waals surface area contributed by atoms with Crippen molar-refractivity contribution in [3.05, 3.63) is 35.7 Å². The van der Waals surface area contributed by atoms with Crippen LogP contribution in [0.2, 0.25) is 0 Å². The number of benzene rings is 1. The van der Waals surface area contributed by atoms with Crippen LogP contribution in [0.15, 0.2) is 24.3 Å². The molecule has 0 spiro atoms. The molecule has 0 saturated carbocycles. The summed E-state index contributed by atoms with van der Waals surface area (Å²) in [6.07, 6.45) is 0. The molecule has 5 heteroatoms. The van der Waals surface area contributed by atoms with Crippen LogP contribution in [0.4, 0.5) is 10.8 Å². The molecule has 0 fully saturated rings. The summed E-state index contributed by atoms with van der Waals surface area (Å²) in [5.74, 6) is 0.871. The quantitative estimate of drug-likeness (QED) is 0.900. The van der Waals surface area contributed by atoms with E-state index in [2.05, 4.69) is 47.6 Å². The van der Waals surface area contributed by atoms with Gasteiger partial charge in [-0.05, 0) is 24.6 Å². The molecule has 2 aromatic rings. The van der Waals surface area contributed by atoms with Crippen molar-refractivity contribution >= 4 is 22.4 Å². The van der Waals surface area contributed by atoms with Gasteiger partial charge in [0.05, 0.1) is 6.61 Å². The van der Waals surface area contributed by atoms with E-state index < -0.39 is 0 Å². The van der Waals surface area contributed by atoms with Crippen LogP contribution in [-0.2, 0) is 16.8 Å². The van der Waals surface area contributed by atoms with E-state index in [1.54, 1.807) is 0 Å². The van der Waals surface area contributed by atoms with Crippen molar-refractivity contribution in [2.24, 2.45) is 0 Å². The number of nitrogens with one attached hydrogen (secondary N) is 1. The summed E-state index contributed by atoms with van der Waals surface area (Å²) >= 11 is 1.39. The zero-order chi connectivity index (χ0) is 14.6. The molecule has 0 saturated heterocycles. The molecule has 1 aromatic carbocycles. The molecule has 0 amide bonds. The summed E-state index contributed by atoms with van der Waals surface area (Å²) in [6.45, 7) is 9.69. The average Bonchev–Trinajstić information content (AvgIpc) is 2.85. The molecule has 20 heavy (non-hydrogen) atoms. The minimum atomic E-state index is -0.0206. The SMILES string of the molecule is CCOCc1cccc(Nc2nc(C(C)(C)C)ns2)c1. The Morgan fingerprint density at radius 1 is 1.30 bits per heavy atom. The van der Waals surface area contributed by atoms with Crippen molar-refractivity contribution in [3.8, 4) is 0 Å². The van der Waals surface area contributed by atoms with Crippen LogP contribution in [0.5, 0.6) is 0 Å². The predicted molar refractivity (Wildman–Crippen MR) is 83.7 cm³/mol. The third-order valence-corrected chi connectivity index (χ3v) is 3.38. The van der Waals surface area contributed by atoms with Gasteiger partial charge in [-0.15, -0.1) is 0 Å². The first-order chi connectivity index (χ1) is 9.49. The normalized spacial score (nSPS) is 11.6. The van der Waals surface area contributed by atoms with Crippen LogP contribution in [0.3, 0.4) is 0 Å². The Morgan fingerprint density at radius 2 is 2.10 bits per heavy atom. The van der Waals surface area contributed by atoms with Gasteiger partial charge in [-0.2, -0.15) is 4.37 Å². The molecule has 4 nitrogen and oxygen atoms in total. The Balaban J connectivity index is 2.08. The molecule has 1 N–H and O–H groups in total. The molecule has 0 bridgehead atoms. The van der Waals surface area contributed by atoms with E-state index in [4.69, 9.17) is 4.74 Å². The van der Waals surface area contributed by atoms with Crippen LogP contribution < -0.4 is 5.32 Å². The van der Waals surface area contributed by atoms with Gasteiger partial charge >= 0.3 is 0 Å². The fraction of sp³-hybridized carbons (Fsp3) is 0.467. The van der Waals surface area contributed by atoms with Gasteiger partial charge in [0.1, 0.15) is 5.82 Å². The largest absolute Gasteiger partial charge is 0.377 e. The molecule has 1 heterocycles. The van der Waals surface area contributed by atoms with Gasteiger partial charge in [-0.3, -0.25) is 0 Å². The average molecular weight is 291 g/mol. The topological polar surface area (TPSA) is 47.0 Å². The third kappa shape index (κ3) is 4.02. The van der Waals surface area contributed by atoms with Crippen molar-refractivity contribution in [3.63, 3.8) is 0 Å². The van der Waals surface area contributed by atoms with Crippen LogP contribution >= 0.6 is 11.5 Å². The summed E-state index contributed by atoms with van der Waals surface area (Å²) in [6, 6.07) is 8.17. The van der Waals surface area contributed by atoms with Crippen molar-refractivity contribution < 1.29 is 4.74 Å². The van der Waals surface area contributed by atoms with E-state index >= 15 is 0 Å². The van der Waals surface area contributed by atoms with Crippen molar-refractivity contribution in [1.29, 1.82) is 0 Å². The molecular formula is C15H21N3OS. The lowest BCUT2D eigenvalue weighted by molar-refractivity contribution is 0.134. The monoisotopic (exact) mass is 291 g/mol. The minimum absolute atomic E-state index is 0.0206. The maximum absolute atomic E-state index is 5.42. The Morgan fingerprint density at radius 3 is 2.75 bits per heavy atom. The van der Waals surface area contributed by atoms with Gasteiger partial charge in [-0.25, -0.2) is 4.98 Å². The van der Waals surface area contributed by atoms with Gasteiger partial charge in [0, 0.05) is 29.2 Å². The number of aromatic nitrogens is 2. The first-order valence-corrected chi connectivity index (χ1v) is 7.54. The van der Waals surface area contributed by atoms with E-state index in [-0.39, 0.29) is 5.41 Å². The minimum Gasteiger partial charge on any atom is -0.377 e. The first kappa shape index (κ1) is 14.9. The smallest absolute Gasteiger partial charge is 0.207 e. The number of ether oxygens (including phenoxy) is 1. The van der Waals surface area contributed by atoms with Crippen LogP contribution in [0, 0.1) is 0 Å². The fourth-order valence-corrected chi connectivity index (χ4v) is 2.44. The molecular weight excluding hydrogens is 270 g/mol. The Kier molecular flexibility index (Phi) is 4.73. The fourth-order valence-electron chi connectivity index (χ4n) is 1.66. The highest BCUT2D eigenvalue weighted by Crippen LogP contribution is 2.25. The Labute approximate surface area is 124 Å². The molecule has 108 valence electrons. The van der Waals surface area contributed by atoms with Gasteiger partial charge in [-0.1, -0.05) is 32.9 Å². The number of anilines is 2. The van der Waals surface area contributed by atoms with Crippen molar-refractivity contribution in [2.75, 3.05) is 11.9 Å². The highest BCUT2D eigenvalue weighted by Gasteiger charge is 2.19. The van der Waals surface area contributed by atoms with E-state index in [1.807, 2.05) is 19.1 Å².